The first-order chi connectivity index (χ1) is 14.1. The molecule has 146 valence electrons. The van der Waals surface area contributed by atoms with Crippen molar-refractivity contribution >= 4 is 22.7 Å². The van der Waals surface area contributed by atoms with Crippen LogP contribution in [0.3, 0.4) is 0 Å². The zero-order valence-electron chi connectivity index (χ0n) is 16.1. The molecule has 6 nitrogen and oxygen atoms in total. The maximum Gasteiger partial charge on any atom is 0.265 e. The molecule has 0 saturated heterocycles. The molecule has 3 aromatic carbocycles. The minimum Gasteiger partial charge on any atom is -0.493 e. The number of hydrogen-bond acceptors (Lipinski definition) is 5. The topological polar surface area (TPSA) is 73.6 Å². The number of para-hydroxylation sites is 4. The predicted octanol–water partition coefficient (Wildman–Crippen LogP) is 4.91. The van der Waals surface area contributed by atoms with E-state index >= 15 is 0 Å². The number of methoxy groups -OCH3 is 1. The minimum absolute atomic E-state index is 0.273. The summed E-state index contributed by atoms with van der Waals surface area (Å²) in [5.74, 6) is 1.31. The molecule has 0 saturated carbocycles. The van der Waals surface area contributed by atoms with Gasteiger partial charge in [-0.3, -0.25) is 4.79 Å². The van der Waals surface area contributed by atoms with Gasteiger partial charge in [-0.1, -0.05) is 30.3 Å². The number of aromatic nitrogens is 1. The van der Waals surface area contributed by atoms with Crippen LogP contribution in [0.15, 0.2) is 77.2 Å². The van der Waals surface area contributed by atoms with Gasteiger partial charge in [0.25, 0.3) is 5.91 Å². The number of nitrogens with zero attached hydrogens (tertiary/aromatic N) is 1. The maximum absolute atomic E-state index is 12.6. The molecule has 0 aliphatic rings. The van der Waals surface area contributed by atoms with E-state index in [4.69, 9.17) is 13.9 Å². The number of rotatable bonds is 6. The zero-order chi connectivity index (χ0) is 20.2. The summed E-state index contributed by atoms with van der Waals surface area (Å²) < 4.78 is 16.8. The van der Waals surface area contributed by atoms with E-state index in [1.807, 2.05) is 54.6 Å². The lowest BCUT2D eigenvalue weighted by Crippen LogP contribution is -2.30. The zero-order valence-corrected chi connectivity index (χ0v) is 16.1. The monoisotopic (exact) mass is 388 g/mol. The van der Waals surface area contributed by atoms with Crippen molar-refractivity contribution < 1.29 is 18.7 Å². The third-order valence-electron chi connectivity index (χ3n) is 4.41. The highest BCUT2D eigenvalue weighted by molar-refractivity contribution is 5.94. The normalized spacial score (nSPS) is 11.8. The van der Waals surface area contributed by atoms with E-state index < -0.39 is 6.10 Å². The van der Waals surface area contributed by atoms with Gasteiger partial charge < -0.3 is 19.2 Å². The summed E-state index contributed by atoms with van der Waals surface area (Å²) in [7, 11) is 1.56. The summed E-state index contributed by atoms with van der Waals surface area (Å²) in [6.07, 6.45) is -0.709. The third kappa shape index (κ3) is 4.06. The van der Waals surface area contributed by atoms with Crippen molar-refractivity contribution in [3.8, 4) is 23.0 Å². The van der Waals surface area contributed by atoms with Crippen LogP contribution in [-0.4, -0.2) is 24.1 Å². The van der Waals surface area contributed by atoms with Gasteiger partial charge in [0.1, 0.15) is 5.52 Å². The van der Waals surface area contributed by atoms with Crippen molar-refractivity contribution in [3.05, 3.63) is 72.8 Å². The van der Waals surface area contributed by atoms with Crippen LogP contribution in [0.2, 0.25) is 0 Å². The Balaban J connectivity index is 1.49. The molecule has 0 spiro atoms. The first kappa shape index (κ1) is 18.6. The summed E-state index contributed by atoms with van der Waals surface area (Å²) in [5, 5.41) is 2.87. The number of hydrogen-bond donors (Lipinski definition) is 1. The van der Waals surface area contributed by atoms with Gasteiger partial charge in [-0.25, -0.2) is 4.98 Å². The number of oxazole rings is 1. The van der Waals surface area contributed by atoms with Gasteiger partial charge in [-0.15, -0.1) is 0 Å². The number of nitrogens with one attached hydrogen (secondary N) is 1. The summed E-state index contributed by atoms with van der Waals surface area (Å²) >= 11 is 0. The van der Waals surface area contributed by atoms with Crippen molar-refractivity contribution in [1.82, 2.24) is 4.98 Å². The maximum atomic E-state index is 12.6. The lowest BCUT2D eigenvalue weighted by Gasteiger charge is -2.16. The van der Waals surface area contributed by atoms with Crippen molar-refractivity contribution in [1.29, 1.82) is 0 Å². The van der Waals surface area contributed by atoms with Crippen LogP contribution in [0.4, 0.5) is 5.69 Å². The van der Waals surface area contributed by atoms with Gasteiger partial charge >= 0.3 is 0 Å². The van der Waals surface area contributed by atoms with Crippen LogP contribution in [0, 0.1) is 0 Å². The van der Waals surface area contributed by atoms with E-state index in [9.17, 15) is 4.79 Å². The fourth-order valence-electron chi connectivity index (χ4n) is 2.93. The molecule has 1 atom stereocenters. The second-order valence-electron chi connectivity index (χ2n) is 6.47. The Kier molecular flexibility index (Phi) is 5.16. The summed E-state index contributed by atoms with van der Waals surface area (Å²) in [5.41, 5.74) is 2.91. The van der Waals surface area contributed by atoms with E-state index in [1.54, 1.807) is 32.2 Å². The SMILES string of the molecule is COc1ccccc1O[C@H](C)C(=O)Nc1cccc(-c2nc3ccccc3o2)c1. The van der Waals surface area contributed by atoms with Crippen LogP contribution < -0.4 is 14.8 Å². The van der Waals surface area contributed by atoms with E-state index in [0.29, 0.717) is 23.1 Å². The highest BCUT2D eigenvalue weighted by Crippen LogP contribution is 2.28. The van der Waals surface area contributed by atoms with Crippen LogP contribution in [0.5, 0.6) is 11.5 Å². The lowest BCUT2D eigenvalue weighted by molar-refractivity contribution is -0.122. The number of anilines is 1. The Bertz CT molecular complexity index is 1120. The Morgan fingerprint density at radius 2 is 1.76 bits per heavy atom. The van der Waals surface area contributed by atoms with Gasteiger partial charge in [0.15, 0.2) is 23.2 Å². The molecule has 0 bridgehead atoms. The van der Waals surface area contributed by atoms with Crippen LogP contribution >= 0.6 is 0 Å². The van der Waals surface area contributed by atoms with Crippen molar-refractivity contribution in [2.75, 3.05) is 12.4 Å². The first-order valence-electron chi connectivity index (χ1n) is 9.20. The highest BCUT2D eigenvalue weighted by atomic mass is 16.5. The summed E-state index contributed by atoms with van der Waals surface area (Å²) in [6, 6.07) is 22.1. The molecule has 4 rings (SSSR count). The molecule has 4 aromatic rings. The fraction of sp³-hybridized carbons (Fsp3) is 0.130. The summed E-state index contributed by atoms with van der Waals surface area (Å²) in [4.78, 5) is 17.1. The molecule has 0 fully saturated rings. The second-order valence-corrected chi connectivity index (χ2v) is 6.47. The molecule has 0 unspecified atom stereocenters. The van der Waals surface area contributed by atoms with Crippen molar-refractivity contribution in [2.24, 2.45) is 0 Å². The highest BCUT2D eigenvalue weighted by Gasteiger charge is 2.17. The van der Waals surface area contributed by atoms with Gasteiger partial charge in [-0.2, -0.15) is 0 Å². The number of benzene rings is 3. The molecule has 0 aliphatic carbocycles. The van der Waals surface area contributed by atoms with Crippen molar-refractivity contribution in [2.45, 2.75) is 13.0 Å². The number of ether oxygens (including phenoxy) is 2. The number of carbonyl (C=O) groups is 1. The molecule has 1 heterocycles. The molecular weight excluding hydrogens is 368 g/mol. The minimum atomic E-state index is -0.709. The van der Waals surface area contributed by atoms with E-state index in [0.717, 1.165) is 16.7 Å². The van der Waals surface area contributed by atoms with Crippen LogP contribution in [0.25, 0.3) is 22.6 Å². The Morgan fingerprint density at radius 1 is 1.00 bits per heavy atom. The molecule has 0 aliphatic heterocycles. The van der Waals surface area contributed by atoms with E-state index in [-0.39, 0.29) is 5.91 Å². The molecule has 29 heavy (non-hydrogen) atoms. The number of fused-ring (bicyclic) bond motifs is 1. The van der Waals surface area contributed by atoms with Crippen LogP contribution in [0.1, 0.15) is 6.92 Å². The molecule has 1 aromatic heterocycles. The van der Waals surface area contributed by atoms with Gasteiger partial charge in [0, 0.05) is 11.3 Å². The molecule has 0 radical (unpaired) electrons. The van der Waals surface area contributed by atoms with Crippen LogP contribution in [-0.2, 0) is 4.79 Å². The summed E-state index contributed by atoms with van der Waals surface area (Å²) in [6.45, 7) is 1.69. The third-order valence-corrected chi connectivity index (χ3v) is 4.41. The molecule has 1 amide bonds. The largest absolute Gasteiger partial charge is 0.493 e. The van der Waals surface area contributed by atoms with Gasteiger partial charge in [-0.05, 0) is 49.4 Å². The molecule has 6 heteroatoms. The quantitative estimate of drug-likeness (QED) is 0.508. The first-order valence-corrected chi connectivity index (χ1v) is 9.20. The predicted molar refractivity (Wildman–Crippen MR) is 111 cm³/mol. The number of carbonyl (C=O) groups excluding carboxylic acids is 1. The smallest absolute Gasteiger partial charge is 0.265 e. The van der Waals surface area contributed by atoms with E-state index in [1.165, 1.54) is 0 Å². The second kappa shape index (κ2) is 8.06. The van der Waals surface area contributed by atoms with Gasteiger partial charge in [0.05, 0.1) is 7.11 Å². The van der Waals surface area contributed by atoms with Gasteiger partial charge in [0.2, 0.25) is 5.89 Å². The van der Waals surface area contributed by atoms with Crippen molar-refractivity contribution in [3.63, 3.8) is 0 Å². The Morgan fingerprint density at radius 3 is 2.55 bits per heavy atom. The standard InChI is InChI=1S/C23H20N2O4/c1-15(28-21-13-6-5-12-20(21)27-2)22(26)24-17-9-7-8-16(14-17)23-25-18-10-3-4-11-19(18)29-23/h3-15H,1-2H3,(H,24,26)/t15-/m1/s1. The lowest BCUT2D eigenvalue weighted by atomic mass is 10.2. The average Bonchev–Trinajstić information content (AvgIpc) is 3.18. The Hall–Kier alpha value is -3.80. The fourth-order valence-corrected chi connectivity index (χ4v) is 2.93. The van der Waals surface area contributed by atoms with E-state index in [2.05, 4.69) is 10.3 Å². The number of amides is 1. The Labute approximate surface area is 168 Å². The molecular formula is C23H20N2O4. The molecule has 1 N–H and O–H groups in total. The average molecular weight is 388 g/mol.